The normalized spacial score (nSPS) is 14.7. The maximum Gasteiger partial charge on any atom is 0.231 e. The Kier molecular flexibility index (Phi) is 7.54. The van der Waals surface area contributed by atoms with E-state index >= 15 is 0 Å². The number of amides is 1. The summed E-state index contributed by atoms with van der Waals surface area (Å²) in [5, 5.41) is 0. The maximum atomic E-state index is 11.6. The molecule has 0 fully saturated rings. The Balaban J connectivity index is 4.63. The van der Waals surface area contributed by atoms with Gasteiger partial charge in [-0.25, -0.2) is 4.21 Å². The van der Waals surface area contributed by atoms with E-state index in [0.717, 1.165) is 0 Å². The zero-order valence-electron chi connectivity index (χ0n) is 9.32. The van der Waals surface area contributed by atoms with Crippen LogP contribution in [0.15, 0.2) is 35.3 Å². The number of carbonyl (C=O) groups excluding carboxylic acids is 1. The maximum absolute atomic E-state index is 11.6. The Morgan fingerprint density at radius 3 is 2.47 bits per heavy atom. The topological polar surface area (TPSA) is 46.2 Å². The van der Waals surface area contributed by atoms with Crippen LogP contribution in [-0.4, -0.2) is 10.1 Å². The van der Waals surface area contributed by atoms with E-state index in [1.807, 2.05) is 19.9 Å². The first kappa shape index (κ1) is 13.8. The van der Waals surface area contributed by atoms with E-state index in [-0.39, 0.29) is 5.91 Å². The molecule has 0 radical (unpaired) electrons. The highest BCUT2D eigenvalue weighted by atomic mass is 32.2. The van der Waals surface area contributed by atoms with E-state index in [1.54, 1.807) is 31.2 Å². The van der Waals surface area contributed by atoms with Crippen LogP contribution in [0, 0.1) is 0 Å². The lowest BCUT2D eigenvalue weighted by Crippen LogP contribution is -2.25. The molecule has 0 aliphatic heterocycles. The number of rotatable bonds is 5. The Labute approximate surface area is 93.5 Å². The Hall–Kier alpha value is -1.16. The summed E-state index contributed by atoms with van der Waals surface area (Å²) < 4.78 is 14.0. The molecule has 0 aromatic carbocycles. The van der Waals surface area contributed by atoms with Crippen LogP contribution in [0.1, 0.15) is 27.2 Å². The third kappa shape index (κ3) is 6.01. The fraction of sp³-hybridized carbons (Fsp3) is 0.364. The summed E-state index contributed by atoms with van der Waals surface area (Å²) in [5.41, 5.74) is 0. The minimum Gasteiger partial charge on any atom is -0.274 e. The van der Waals surface area contributed by atoms with Crippen molar-refractivity contribution in [2.75, 3.05) is 0 Å². The van der Waals surface area contributed by atoms with Crippen LogP contribution in [0.25, 0.3) is 0 Å². The van der Waals surface area contributed by atoms with Gasteiger partial charge in [0.2, 0.25) is 5.91 Å². The second-order valence-corrected chi connectivity index (χ2v) is 3.96. The van der Waals surface area contributed by atoms with E-state index in [1.165, 1.54) is 0 Å². The monoisotopic (exact) mass is 227 g/mol. The van der Waals surface area contributed by atoms with Gasteiger partial charge in [-0.05, 0) is 26.0 Å². The fourth-order valence-electron chi connectivity index (χ4n) is 0.769. The van der Waals surface area contributed by atoms with Gasteiger partial charge in [0, 0.05) is 6.42 Å². The van der Waals surface area contributed by atoms with Crippen molar-refractivity contribution in [3.63, 3.8) is 0 Å². The Morgan fingerprint density at radius 2 is 2.00 bits per heavy atom. The summed E-state index contributed by atoms with van der Waals surface area (Å²) in [7, 11) is -1.47. The van der Waals surface area contributed by atoms with Gasteiger partial charge < -0.3 is 0 Å². The van der Waals surface area contributed by atoms with Gasteiger partial charge in [0.15, 0.2) is 11.0 Å². The van der Waals surface area contributed by atoms with E-state index in [0.29, 0.717) is 11.3 Å². The molecule has 1 atom stereocenters. The van der Waals surface area contributed by atoms with Crippen LogP contribution in [-0.2, 0) is 15.8 Å². The van der Waals surface area contributed by atoms with Gasteiger partial charge in [-0.15, -0.1) is 0 Å². The predicted octanol–water partition coefficient (Wildman–Crippen LogP) is 2.21. The molecular weight excluding hydrogens is 210 g/mol. The van der Waals surface area contributed by atoms with Crippen LogP contribution >= 0.6 is 0 Å². The predicted molar refractivity (Wildman–Crippen MR) is 64.3 cm³/mol. The van der Waals surface area contributed by atoms with Gasteiger partial charge in [-0.3, -0.25) is 9.52 Å². The number of carbonyl (C=O) groups is 1. The molecule has 0 rings (SSSR count). The highest BCUT2D eigenvalue weighted by molar-refractivity contribution is 7.87. The second-order valence-electron chi connectivity index (χ2n) is 2.74. The third-order valence-corrected chi connectivity index (χ3v) is 2.64. The molecule has 3 nitrogen and oxygen atoms in total. The fourth-order valence-corrected chi connectivity index (χ4v) is 1.70. The Bertz CT molecular complexity index is 317. The van der Waals surface area contributed by atoms with Crippen molar-refractivity contribution in [2.24, 2.45) is 0 Å². The van der Waals surface area contributed by atoms with Crippen molar-refractivity contribution in [1.82, 2.24) is 4.72 Å². The molecule has 0 aliphatic carbocycles. The summed E-state index contributed by atoms with van der Waals surface area (Å²) in [6.07, 6.45) is 9.16. The van der Waals surface area contributed by atoms with E-state index in [9.17, 15) is 9.00 Å². The first-order valence-corrected chi connectivity index (χ1v) is 5.97. The molecule has 1 unspecified atom stereocenters. The molecule has 0 aromatic heterocycles. The highest BCUT2D eigenvalue weighted by Crippen LogP contribution is 2.02. The smallest absolute Gasteiger partial charge is 0.231 e. The van der Waals surface area contributed by atoms with Gasteiger partial charge in [0.25, 0.3) is 0 Å². The van der Waals surface area contributed by atoms with Gasteiger partial charge in [-0.2, -0.15) is 0 Å². The molecule has 0 saturated heterocycles. The zero-order valence-corrected chi connectivity index (χ0v) is 10.1. The van der Waals surface area contributed by atoms with Crippen molar-refractivity contribution in [2.45, 2.75) is 27.2 Å². The van der Waals surface area contributed by atoms with Crippen LogP contribution in [0.2, 0.25) is 0 Å². The lowest BCUT2D eigenvalue weighted by atomic mass is 10.4. The lowest BCUT2D eigenvalue weighted by molar-refractivity contribution is -0.118. The van der Waals surface area contributed by atoms with Crippen molar-refractivity contribution < 1.29 is 9.00 Å². The third-order valence-electron chi connectivity index (χ3n) is 1.53. The van der Waals surface area contributed by atoms with Crippen LogP contribution in [0.3, 0.4) is 0 Å². The summed E-state index contributed by atoms with van der Waals surface area (Å²) in [5.74, 6) is -0.218. The van der Waals surface area contributed by atoms with Crippen LogP contribution < -0.4 is 4.72 Å². The number of nitrogens with one attached hydrogen (secondary N) is 1. The van der Waals surface area contributed by atoms with Crippen LogP contribution in [0.4, 0.5) is 0 Å². The summed E-state index contributed by atoms with van der Waals surface area (Å²) in [4.78, 5) is 11.6. The first-order valence-electron chi connectivity index (χ1n) is 4.82. The zero-order chi connectivity index (χ0) is 11.7. The number of hydrogen-bond acceptors (Lipinski definition) is 2. The molecule has 4 heteroatoms. The van der Waals surface area contributed by atoms with Gasteiger partial charge in [0.05, 0.1) is 4.91 Å². The largest absolute Gasteiger partial charge is 0.274 e. The summed E-state index contributed by atoms with van der Waals surface area (Å²) in [6.45, 7) is 5.43. The van der Waals surface area contributed by atoms with Gasteiger partial charge in [-0.1, -0.05) is 25.2 Å². The van der Waals surface area contributed by atoms with E-state index in [4.69, 9.17) is 0 Å². The lowest BCUT2D eigenvalue weighted by Gasteiger charge is -2.03. The second kappa shape index (κ2) is 8.17. The molecule has 0 aliphatic rings. The molecule has 15 heavy (non-hydrogen) atoms. The van der Waals surface area contributed by atoms with Crippen molar-refractivity contribution in [1.29, 1.82) is 0 Å². The average molecular weight is 227 g/mol. The van der Waals surface area contributed by atoms with Gasteiger partial charge in [0.1, 0.15) is 0 Å². The molecular formula is C11H17NO2S. The minimum absolute atomic E-state index is 0.218. The number of allylic oxidation sites excluding steroid dienone is 5. The van der Waals surface area contributed by atoms with Crippen molar-refractivity contribution >= 4 is 16.9 Å². The quantitative estimate of drug-likeness (QED) is 0.732. The Morgan fingerprint density at radius 1 is 1.33 bits per heavy atom. The van der Waals surface area contributed by atoms with Crippen molar-refractivity contribution in [3.05, 3.63) is 35.3 Å². The average Bonchev–Trinajstić information content (AvgIpc) is 2.23. The molecule has 0 saturated carbocycles. The molecule has 0 bridgehead atoms. The first-order chi connectivity index (χ1) is 7.15. The molecule has 0 spiro atoms. The van der Waals surface area contributed by atoms with Gasteiger partial charge >= 0.3 is 0 Å². The highest BCUT2D eigenvalue weighted by Gasteiger charge is 2.06. The summed E-state index contributed by atoms with van der Waals surface area (Å²) >= 11 is 0. The molecule has 84 valence electrons. The molecule has 1 amide bonds. The molecule has 0 heterocycles. The van der Waals surface area contributed by atoms with E-state index in [2.05, 4.69) is 4.72 Å². The van der Waals surface area contributed by atoms with E-state index < -0.39 is 11.0 Å². The van der Waals surface area contributed by atoms with Crippen molar-refractivity contribution in [3.8, 4) is 0 Å². The minimum atomic E-state index is -1.47. The summed E-state index contributed by atoms with van der Waals surface area (Å²) in [6, 6.07) is 0. The molecule has 1 N–H and O–H groups in total. The number of hydrogen-bond donors (Lipinski definition) is 1. The van der Waals surface area contributed by atoms with Crippen LogP contribution in [0.5, 0.6) is 0 Å². The standard InChI is InChI=1S/C11H17NO2S/c1-4-7-9-10(8-5-2)15(14)12-11(13)6-3/h4-5,7-9H,6H2,1-3H3,(H,12,13)/b7-4-,8-5-,10-9+. The SMILES string of the molecule is C\C=C/C=C(\C=C/C)S(=O)NC(=O)CC. The molecule has 0 aromatic rings.